The number of amides is 2. The lowest BCUT2D eigenvalue weighted by atomic mass is 9.73. The van der Waals surface area contributed by atoms with E-state index in [4.69, 9.17) is 9.97 Å². The zero-order valence-corrected chi connectivity index (χ0v) is 28.0. The molecular formula is C37H43FN8O2. The van der Waals surface area contributed by atoms with E-state index in [-0.39, 0.29) is 29.6 Å². The average Bonchev–Trinajstić information content (AvgIpc) is 3.60. The number of likely N-dealkylation sites (tertiary alicyclic amines) is 2. The van der Waals surface area contributed by atoms with Crippen molar-refractivity contribution in [3.8, 4) is 11.3 Å². The smallest absolute Gasteiger partial charge is 0.238 e. The predicted molar refractivity (Wildman–Crippen MR) is 184 cm³/mol. The van der Waals surface area contributed by atoms with E-state index in [1.54, 1.807) is 25.5 Å². The molecule has 3 aliphatic heterocycles. The van der Waals surface area contributed by atoms with E-state index in [2.05, 4.69) is 52.1 Å². The maximum absolute atomic E-state index is 14.8. The Labute approximate surface area is 280 Å². The number of nitrogens with zero attached hydrogens (tertiary/aromatic N) is 7. The van der Waals surface area contributed by atoms with E-state index in [1.165, 1.54) is 25.5 Å². The standard InChI is InChI=1S/C37H43FN8O2/c1-23(2)45-22-40-32-20-31(42-35(34(32)45)41-30-9-12-39-21-29(30)38)25-7-8-28-33(17-25)46(27-18-26(19-27)44-13-5-4-6-14-44)36(48)37(28)10-15-43(16-11-37)24(3)47/h7-9,12,17,20-23,26-27H,4-6,10-11,13-16,18-19H2,1-3H3,(H,39,41,42)/t26-,27+. The van der Waals surface area contributed by atoms with Gasteiger partial charge in [-0.25, -0.2) is 14.4 Å². The average molecular weight is 651 g/mol. The molecule has 3 aromatic heterocycles. The molecule has 48 heavy (non-hydrogen) atoms. The van der Waals surface area contributed by atoms with Crippen LogP contribution in [0.2, 0.25) is 0 Å². The largest absolute Gasteiger partial charge is 0.343 e. The fraction of sp³-hybridized carbons (Fsp3) is 0.486. The summed E-state index contributed by atoms with van der Waals surface area (Å²) < 4.78 is 16.8. The lowest BCUT2D eigenvalue weighted by Gasteiger charge is -2.48. The Kier molecular flexibility index (Phi) is 7.69. The molecule has 4 aromatic rings. The van der Waals surface area contributed by atoms with Crippen LogP contribution in [0.25, 0.3) is 22.3 Å². The number of benzene rings is 1. The number of fused-ring (bicyclic) bond motifs is 3. The molecule has 0 radical (unpaired) electrons. The highest BCUT2D eigenvalue weighted by Crippen LogP contribution is 2.52. The SMILES string of the molecule is CC(=O)N1CCC2(CC1)C(=O)N([C@H]1C[C@@H](N3CCCCC3)C1)c1cc(-c3cc4ncn(C(C)C)c4c(Nc4ccncc4F)n3)ccc12. The van der Waals surface area contributed by atoms with Crippen molar-refractivity contribution in [1.29, 1.82) is 0 Å². The van der Waals surface area contributed by atoms with Crippen molar-refractivity contribution in [3.05, 3.63) is 60.4 Å². The minimum atomic E-state index is -0.630. The molecule has 10 nitrogen and oxygen atoms in total. The number of pyridine rings is 2. The van der Waals surface area contributed by atoms with Gasteiger partial charge >= 0.3 is 0 Å². The van der Waals surface area contributed by atoms with E-state index in [0.717, 1.165) is 53.8 Å². The summed E-state index contributed by atoms with van der Waals surface area (Å²) in [5.74, 6) is 0.270. The molecule has 1 saturated carbocycles. The van der Waals surface area contributed by atoms with Crippen LogP contribution in [0, 0.1) is 5.82 Å². The van der Waals surface area contributed by atoms with Crippen molar-refractivity contribution in [2.24, 2.45) is 0 Å². The van der Waals surface area contributed by atoms with Gasteiger partial charge in [-0.1, -0.05) is 18.6 Å². The van der Waals surface area contributed by atoms with Gasteiger partial charge in [-0.05, 0) is 89.2 Å². The van der Waals surface area contributed by atoms with Crippen LogP contribution in [0.3, 0.4) is 0 Å². The molecular weight excluding hydrogens is 607 g/mol. The normalized spacial score (nSPS) is 22.4. The number of piperidine rings is 2. The first kappa shape index (κ1) is 30.9. The number of imidazole rings is 1. The molecule has 11 heteroatoms. The van der Waals surface area contributed by atoms with Crippen molar-refractivity contribution in [3.63, 3.8) is 0 Å². The number of hydrogen-bond acceptors (Lipinski definition) is 7. The molecule has 250 valence electrons. The summed E-state index contributed by atoms with van der Waals surface area (Å²) in [4.78, 5) is 47.1. The summed E-state index contributed by atoms with van der Waals surface area (Å²) in [6, 6.07) is 10.6. The summed E-state index contributed by atoms with van der Waals surface area (Å²) in [7, 11) is 0. The highest BCUT2D eigenvalue weighted by atomic mass is 19.1. The van der Waals surface area contributed by atoms with Crippen LogP contribution in [-0.4, -0.2) is 79.4 Å². The number of halogens is 1. The van der Waals surface area contributed by atoms with Gasteiger partial charge in [-0.15, -0.1) is 0 Å². The number of carbonyl (C=O) groups excluding carboxylic acids is 2. The van der Waals surface area contributed by atoms with Crippen LogP contribution < -0.4 is 10.2 Å². The third kappa shape index (κ3) is 5.05. The Bertz CT molecular complexity index is 1890. The summed E-state index contributed by atoms with van der Waals surface area (Å²) in [5.41, 5.74) is 4.77. The summed E-state index contributed by atoms with van der Waals surface area (Å²) in [6.45, 7) is 9.21. The Morgan fingerprint density at radius 1 is 1.02 bits per heavy atom. The lowest BCUT2D eigenvalue weighted by molar-refractivity contribution is -0.134. The second-order valence-electron chi connectivity index (χ2n) is 14.3. The quantitative estimate of drug-likeness (QED) is 0.265. The first-order valence-corrected chi connectivity index (χ1v) is 17.5. The Balaban J connectivity index is 1.19. The van der Waals surface area contributed by atoms with Crippen molar-refractivity contribution in [2.75, 3.05) is 36.4 Å². The summed E-state index contributed by atoms with van der Waals surface area (Å²) >= 11 is 0. The van der Waals surface area contributed by atoms with Crippen LogP contribution >= 0.6 is 0 Å². The van der Waals surface area contributed by atoms with E-state index in [9.17, 15) is 14.0 Å². The molecule has 1 aromatic carbocycles. The molecule has 0 atom stereocenters. The van der Waals surface area contributed by atoms with Gasteiger partial charge in [0.05, 0.1) is 34.8 Å². The maximum Gasteiger partial charge on any atom is 0.238 e. The molecule has 6 heterocycles. The second kappa shape index (κ2) is 11.9. The molecule has 0 unspecified atom stereocenters. The Morgan fingerprint density at radius 2 is 1.79 bits per heavy atom. The van der Waals surface area contributed by atoms with Gasteiger partial charge in [0, 0.05) is 55.6 Å². The third-order valence-electron chi connectivity index (χ3n) is 11.3. The summed E-state index contributed by atoms with van der Waals surface area (Å²) in [6.07, 6.45) is 11.5. The minimum Gasteiger partial charge on any atom is -0.343 e. The molecule has 0 bridgehead atoms. The van der Waals surface area contributed by atoms with E-state index in [1.807, 2.05) is 15.5 Å². The molecule has 1 N–H and O–H groups in total. The van der Waals surface area contributed by atoms with Crippen LogP contribution in [-0.2, 0) is 15.0 Å². The predicted octanol–water partition coefficient (Wildman–Crippen LogP) is 6.20. The van der Waals surface area contributed by atoms with Crippen LogP contribution in [0.1, 0.15) is 77.3 Å². The van der Waals surface area contributed by atoms with Crippen molar-refractivity contribution in [1.82, 2.24) is 29.3 Å². The zero-order valence-electron chi connectivity index (χ0n) is 28.0. The monoisotopic (exact) mass is 650 g/mol. The first-order valence-electron chi connectivity index (χ1n) is 17.5. The maximum atomic E-state index is 14.8. The molecule has 8 rings (SSSR count). The molecule has 2 saturated heterocycles. The zero-order chi connectivity index (χ0) is 33.2. The van der Waals surface area contributed by atoms with Crippen LogP contribution in [0.5, 0.6) is 0 Å². The van der Waals surface area contributed by atoms with Gasteiger partial charge < -0.3 is 24.6 Å². The topological polar surface area (TPSA) is 99.5 Å². The fourth-order valence-corrected chi connectivity index (χ4v) is 8.44. The van der Waals surface area contributed by atoms with Crippen molar-refractivity contribution < 1.29 is 14.0 Å². The van der Waals surface area contributed by atoms with Crippen LogP contribution in [0.15, 0.2) is 49.1 Å². The van der Waals surface area contributed by atoms with Gasteiger partial charge in [0.15, 0.2) is 11.6 Å². The van der Waals surface area contributed by atoms with E-state index < -0.39 is 11.2 Å². The van der Waals surface area contributed by atoms with E-state index >= 15 is 0 Å². The second-order valence-corrected chi connectivity index (χ2v) is 14.3. The number of rotatable bonds is 6. The van der Waals surface area contributed by atoms with Crippen LogP contribution in [0.4, 0.5) is 21.6 Å². The number of aromatic nitrogens is 4. The Hall–Kier alpha value is -4.38. The molecule has 1 aliphatic carbocycles. The van der Waals surface area contributed by atoms with Gasteiger partial charge in [-0.3, -0.25) is 14.6 Å². The molecule has 2 amide bonds. The van der Waals surface area contributed by atoms with Gasteiger partial charge in [0.25, 0.3) is 0 Å². The van der Waals surface area contributed by atoms with Gasteiger partial charge in [0.2, 0.25) is 11.8 Å². The summed E-state index contributed by atoms with van der Waals surface area (Å²) in [5, 5.41) is 3.22. The third-order valence-corrected chi connectivity index (χ3v) is 11.3. The number of hydrogen-bond donors (Lipinski definition) is 1. The van der Waals surface area contributed by atoms with Crippen molar-refractivity contribution >= 4 is 40.0 Å². The number of nitrogens with one attached hydrogen (secondary N) is 1. The van der Waals surface area contributed by atoms with Gasteiger partial charge in [0.1, 0.15) is 5.52 Å². The van der Waals surface area contributed by atoms with E-state index in [0.29, 0.717) is 43.5 Å². The number of anilines is 3. The Morgan fingerprint density at radius 3 is 2.50 bits per heavy atom. The highest BCUT2D eigenvalue weighted by molar-refractivity contribution is 6.09. The highest BCUT2D eigenvalue weighted by Gasteiger charge is 2.55. The molecule has 3 fully saturated rings. The van der Waals surface area contributed by atoms with Crippen molar-refractivity contribution in [2.45, 2.75) is 89.3 Å². The minimum absolute atomic E-state index is 0.0588. The molecule has 1 spiro atoms. The first-order chi connectivity index (χ1) is 23.2. The molecule has 4 aliphatic rings. The van der Waals surface area contributed by atoms with Gasteiger partial charge in [-0.2, -0.15) is 0 Å². The number of carbonyl (C=O) groups is 2. The fourth-order valence-electron chi connectivity index (χ4n) is 8.44. The lowest BCUT2D eigenvalue weighted by Crippen LogP contribution is -2.58.